The van der Waals surface area contributed by atoms with Gasteiger partial charge in [0.2, 0.25) is 0 Å². The lowest BCUT2D eigenvalue weighted by Gasteiger charge is -2.15. The van der Waals surface area contributed by atoms with Crippen LogP contribution in [0.3, 0.4) is 0 Å². The number of nitrogens with zero attached hydrogens (tertiary/aromatic N) is 3. The van der Waals surface area contributed by atoms with Crippen LogP contribution >= 0.6 is 0 Å². The molecule has 6 nitrogen and oxygen atoms in total. The number of esters is 1. The zero-order valence-electron chi connectivity index (χ0n) is 9.17. The Morgan fingerprint density at radius 1 is 1.67 bits per heavy atom. The van der Waals surface area contributed by atoms with Gasteiger partial charge in [-0.2, -0.15) is 9.90 Å². The van der Waals surface area contributed by atoms with Crippen LogP contribution in [0.5, 0.6) is 0 Å². The molecule has 2 N–H and O–H groups in total. The Kier molecular flexibility index (Phi) is 3.65. The van der Waals surface area contributed by atoms with Crippen LogP contribution in [0.2, 0.25) is 0 Å². The number of carbonyl (C=O) groups is 1. The summed E-state index contributed by atoms with van der Waals surface area (Å²) in [5.74, 6) is 0.299. The Morgan fingerprint density at radius 3 is 2.73 bits per heavy atom. The van der Waals surface area contributed by atoms with Crippen molar-refractivity contribution in [1.82, 2.24) is 15.0 Å². The molecule has 0 amide bonds. The van der Waals surface area contributed by atoms with Crippen LogP contribution in [-0.4, -0.2) is 28.1 Å². The normalized spacial score (nSPS) is 12.8. The number of ether oxygens (including phenoxy) is 1. The Balaban J connectivity index is 2.85. The van der Waals surface area contributed by atoms with Gasteiger partial charge in [-0.25, -0.2) is 4.79 Å². The molecule has 1 aromatic heterocycles. The minimum atomic E-state index is -0.493. The molecule has 0 aliphatic heterocycles. The van der Waals surface area contributed by atoms with E-state index in [1.807, 2.05) is 13.8 Å². The van der Waals surface area contributed by atoms with Gasteiger partial charge in [-0.3, -0.25) is 0 Å². The van der Waals surface area contributed by atoms with Gasteiger partial charge in [-0.05, 0) is 12.3 Å². The van der Waals surface area contributed by atoms with E-state index in [2.05, 4.69) is 10.2 Å². The van der Waals surface area contributed by atoms with E-state index in [0.29, 0.717) is 18.2 Å². The zero-order valence-corrected chi connectivity index (χ0v) is 9.17. The monoisotopic (exact) mass is 212 g/mol. The van der Waals surface area contributed by atoms with Crippen molar-refractivity contribution < 1.29 is 9.53 Å². The van der Waals surface area contributed by atoms with Crippen LogP contribution in [0.4, 0.5) is 5.82 Å². The van der Waals surface area contributed by atoms with Crippen molar-refractivity contribution in [3.63, 3.8) is 0 Å². The van der Waals surface area contributed by atoms with E-state index in [1.165, 1.54) is 18.1 Å². The molecule has 1 heterocycles. The van der Waals surface area contributed by atoms with Crippen molar-refractivity contribution in [2.24, 2.45) is 5.92 Å². The fourth-order valence-corrected chi connectivity index (χ4v) is 1.31. The van der Waals surface area contributed by atoms with Crippen molar-refractivity contribution in [3.05, 3.63) is 6.20 Å². The molecule has 0 saturated carbocycles. The van der Waals surface area contributed by atoms with Gasteiger partial charge in [-0.1, -0.05) is 13.8 Å². The van der Waals surface area contributed by atoms with Crippen LogP contribution in [-0.2, 0) is 9.53 Å². The lowest BCUT2D eigenvalue weighted by molar-refractivity contribution is -0.145. The summed E-state index contributed by atoms with van der Waals surface area (Å²) in [6.45, 7) is 4.03. The van der Waals surface area contributed by atoms with Crippen molar-refractivity contribution >= 4 is 11.8 Å². The topological polar surface area (TPSA) is 83.0 Å². The highest BCUT2D eigenvalue weighted by Gasteiger charge is 2.24. The first-order valence-corrected chi connectivity index (χ1v) is 4.79. The predicted octanol–water partition coefficient (Wildman–Crippen LogP) is 0.620. The highest BCUT2D eigenvalue weighted by Crippen LogP contribution is 2.17. The third-order valence-corrected chi connectivity index (χ3v) is 1.97. The number of hydrogen-bond acceptors (Lipinski definition) is 5. The van der Waals surface area contributed by atoms with E-state index in [1.54, 1.807) is 0 Å². The highest BCUT2D eigenvalue weighted by molar-refractivity contribution is 5.73. The van der Waals surface area contributed by atoms with Gasteiger partial charge in [-0.15, -0.1) is 5.10 Å². The molecule has 1 unspecified atom stereocenters. The molecular weight excluding hydrogens is 196 g/mol. The highest BCUT2D eigenvalue weighted by atomic mass is 16.5. The number of hydrogen-bond donors (Lipinski definition) is 1. The molecule has 0 aliphatic rings. The lowest BCUT2D eigenvalue weighted by atomic mass is 10.0. The van der Waals surface area contributed by atoms with E-state index >= 15 is 0 Å². The lowest BCUT2D eigenvalue weighted by Crippen LogP contribution is -2.24. The van der Waals surface area contributed by atoms with E-state index in [9.17, 15) is 4.79 Å². The van der Waals surface area contributed by atoms with Gasteiger partial charge < -0.3 is 10.5 Å². The summed E-state index contributed by atoms with van der Waals surface area (Å²) in [7, 11) is 1.35. The van der Waals surface area contributed by atoms with Crippen molar-refractivity contribution in [1.29, 1.82) is 0 Å². The zero-order chi connectivity index (χ0) is 11.4. The molecule has 84 valence electrons. The summed E-state index contributed by atoms with van der Waals surface area (Å²) < 4.78 is 4.70. The molecule has 0 saturated heterocycles. The average Bonchev–Trinajstić information content (AvgIpc) is 2.59. The maximum atomic E-state index is 11.5. The molecule has 0 spiro atoms. The number of aromatic nitrogens is 3. The summed E-state index contributed by atoms with van der Waals surface area (Å²) in [5, 5.41) is 7.83. The molecule has 6 heteroatoms. The molecule has 0 fully saturated rings. The first-order valence-electron chi connectivity index (χ1n) is 4.79. The van der Waals surface area contributed by atoms with E-state index in [-0.39, 0.29) is 5.97 Å². The van der Waals surface area contributed by atoms with Gasteiger partial charge in [0, 0.05) is 0 Å². The van der Waals surface area contributed by atoms with E-state index in [4.69, 9.17) is 10.5 Å². The van der Waals surface area contributed by atoms with Gasteiger partial charge in [0.15, 0.2) is 11.9 Å². The smallest absolute Gasteiger partial charge is 0.332 e. The molecule has 1 rings (SSSR count). The molecule has 0 aromatic carbocycles. The van der Waals surface area contributed by atoms with Crippen LogP contribution in [0.15, 0.2) is 6.20 Å². The van der Waals surface area contributed by atoms with E-state index < -0.39 is 6.04 Å². The summed E-state index contributed by atoms with van der Waals surface area (Å²) in [5.41, 5.74) is 5.44. The van der Waals surface area contributed by atoms with Gasteiger partial charge in [0.1, 0.15) is 0 Å². The second-order valence-electron chi connectivity index (χ2n) is 3.76. The fourth-order valence-electron chi connectivity index (χ4n) is 1.31. The van der Waals surface area contributed by atoms with Crippen LogP contribution < -0.4 is 5.73 Å². The first-order chi connectivity index (χ1) is 7.04. The van der Waals surface area contributed by atoms with E-state index in [0.717, 1.165) is 0 Å². The van der Waals surface area contributed by atoms with Crippen molar-refractivity contribution in [2.75, 3.05) is 12.8 Å². The minimum absolute atomic E-state index is 0.299. The average molecular weight is 212 g/mol. The van der Waals surface area contributed by atoms with Crippen molar-refractivity contribution in [3.8, 4) is 0 Å². The van der Waals surface area contributed by atoms with Crippen LogP contribution in [0.25, 0.3) is 0 Å². The molecule has 0 bridgehead atoms. The summed E-state index contributed by atoms with van der Waals surface area (Å²) in [6.07, 6.45) is 2.04. The quantitative estimate of drug-likeness (QED) is 0.740. The minimum Gasteiger partial charge on any atom is -0.467 e. The molecule has 15 heavy (non-hydrogen) atoms. The Hall–Kier alpha value is -1.59. The number of methoxy groups -OCH3 is 1. The first kappa shape index (κ1) is 11.5. The Morgan fingerprint density at radius 2 is 2.33 bits per heavy atom. The summed E-state index contributed by atoms with van der Waals surface area (Å²) in [4.78, 5) is 12.8. The standard InChI is InChI=1S/C9H16N4O2/c1-6(2)4-7(9(14)15-3)13-11-5-8(10)12-13/h5-7H,4H2,1-3H3,(H2,10,12). The number of anilines is 1. The molecule has 1 aromatic rings. The van der Waals surface area contributed by atoms with Crippen LogP contribution in [0, 0.1) is 5.92 Å². The Bertz CT molecular complexity index is 335. The molecule has 1 atom stereocenters. The Labute approximate surface area is 88.4 Å². The predicted molar refractivity (Wildman–Crippen MR) is 54.9 cm³/mol. The third-order valence-electron chi connectivity index (χ3n) is 1.97. The number of nitrogen functional groups attached to an aromatic ring is 1. The molecular formula is C9H16N4O2. The second-order valence-corrected chi connectivity index (χ2v) is 3.76. The van der Waals surface area contributed by atoms with Gasteiger partial charge in [0.05, 0.1) is 13.3 Å². The largest absolute Gasteiger partial charge is 0.467 e. The molecule has 0 radical (unpaired) electrons. The van der Waals surface area contributed by atoms with Gasteiger partial charge >= 0.3 is 5.97 Å². The fraction of sp³-hybridized carbons (Fsp3) is 0.667. The maximum Gasteiger partial charge on any atom is 0.332 e. The second kappa shape index (κ2) is 4.77. The third kappa shape index (κ3) is 2.93. The SMILES string of the molecule is COC(=O)C(CC(C)C)n1ncc(N)n1. The summed E-state index contributed by atoms with van der Waals surface area (Å²) >= 11 is 0. The number of carbonyl (C=O) groups excluding carboxylic acids is 1. The van der Waals surface area contributed by atoms with Gasteiger partial charge in [0.25, 0.3) is 0 Å². The summed E-state index contributed by atoms with van der Waals surface area (Å²) in [6, 6.07) is -0.493. The number of nitrogens with two attached hydrogens (primary N) is 1. The molecule has 0 aliphatic carbocycles. The number of rotatable bonds is 4. The van der Waals surface area contributed by atoms with Crippen molar-refractivity contribution in [2.45, 2.75) is 26.3 Å². The van der Waals surface area contributed by atoms with Crippen LogP contribution in [0.1, 0.15) is 26.3 Å². The maximum absolute atomic E-state index is 11.5.